The minimum atomic E-state index is -3.29. The summed E-state index contributed by atoms with van der Waals surface area (Å²) in [5.41, 5.74) is 0. The van der Waals surface area contributed by atoms with E-state index in [0.717, 1.165) is 11.6 Å². The van der Waals surface area contributed by atoms with E-state index in [2.05, 4.69) is 24.0 Å². The van der Waals surface area contributed by atoms with Crippen molar-refractivity contribution in [3.05, 3.63) is 11.6 Å². The number of aromatic nitrogens is 3. The lowest BCUT2D eigenvalue weighted by Gasteiger charge is -2.29. The van der Waals surface area contributed by atoms with E-state index in [4.69, 9.17) is 4.74 Å². The summed E-state index contributed by atoms with van der Waals surface area (Å²) in [7, 11) is -3.29. The second-order valence-electron chi connectivity index (χ2n) is 5.64. The maximum Gasteiger partial charge on any atom is 0.219 e. The van der Waals surface area contributed by atoms with Crippen LogP contribution >= 0.6 is 0 Å². The van der Waals surface area contributed by atoms with Crippen LogP contribution in [-0.2, 0) is 27.8 Å². The second-order valence-corrected chi connectivity index (χ2v) is 7.86. The van der Waals surface area contributed by atoms with Crippen LogP contribution < -0.4 is 0 Å². The van der Waals surface area contributed by atoms with Gasteiger partial charge in [-0.2, -0.15) is 4.31 Å². The molecule has 0 bridgehead atoms. The molecule has 20 heavy (non-hydrogen) atoms. The van der Waals surface area contributed by atoms with Crippen molar-refractivity contribution in [1.82, 2.24) is 19.1 Å². The molecule has 3 rings (SSSR count). The number of hydrogen-bond acceptors (Lipinski definition) is 5. The molecule has 0 radical (unpaired) electrons. The first kappa shape index (κ1) is 14.0. The van der Waals surface area contributed by atoms with Crippen LogP contribution in [0.25, 0.3) is 0 Å². The monoisotopic (exact) mass is 300 g/mol. The Bertz CT molecular complexity index is 590. The van der Waals surface area contributed by atoms with Gasteiger partial charge in [-0.25, -0.2) is 8.42 Å². The van der Waals surface area contributed by atoms with Gasteiger partial charge in [0.05, 0.1) is 13.2 Å². The average molecular weight is 300 g/mol. The summed E-state index contributed by atoms with van der Waals surface area (Å²) in [6.45, 7) is 6.41. The SMILES string of the molecule is CC(C)c1nnc2n1CCN(S(=O)(=O)C1CCOC1)C2. The molecular weight excluding hydrogens is 280 g/mol. The van der Waals surface area contributed by atoms with Crippen LogP contribution in [0, 0.1) is 0 Å². The molecule has 112 valence electrons. The van der Waals surface area contributed by atoms with Crippen LogP contribution in [-0.4, -0.2) is 52.5 Å². The average Bonchev–Trinajstić information content (AvgIpc) is 3.07. The first-order valence-corrected chi connectivity index (χ1v) is 8.49. The normalized spacial score (nSPS) is 24.2. The lowest BCUT2D eigenvalue weighted by Crippen LogP contribution is -2.43. The molecule has 1 aromatic heterocycles. The predicted octanol–water partition coefficient (Wildman–Crippen LogP) is 0.336. The zero-order valence-electron chi connectivity index (χ0n) is 11.8. The van der Waals surface area contributed by atoms with E-state index >= 15 is 0 Å². The van der Waals surface area contributed by atoms with Gasteiger partial charge in [-0.15, -0.1) is 10.2 Å². The molecule has 1 aromatic rings. The van der Waals surface area contributed by atoms with E-state index in [1.54, 1.807) is 0 Å². The van der Waals surface area contributed by atoms with Gasteiger partial charge in [0.25, 0.3) is 0 Å². The Balaban J connectivity index is 1.82. The molecule has 1 saturated heterocycles. The summed E-state index contributed by atoms with van der Waals surface area (Å²) < 4.78 is 33.8. The van der Waals surface area contributed by atoms with E-state index in [1.165, 1.54) is 4.31 Å². The van der Waals surface area contributed by atoms with E-state index in [9.17, 15) is 8.42 Å². The van der Waals surface area contributed by atoms with Crippen molar-refractivity contribution in [2.24, 2.45) is 0 Å². The smallest absolute Gasteiger partial charge is 0.219 e. The van der Waals surface area contributed by atoms with Crippen molar-refractivity contribution >= 4 is 10.0 Å². The van der Waals surface area contributed by atoms with E-state index in [1.807, 2.05) is 4.57 Å². The minimum absolute atomic E-state index is 0.294. The Morgan fingerprint density at radius 3 is 2.75 bits per heavy atom. The van der Waals surface area contributed by atoms with Gasteiger partial charge in [-0.1, -0.05) is 13.8 Å². The van der Waals surface area contributed by atoms with Crippen LogP contribution in [0.2, 0.25) is 0 Å². The third-order valence-electron chi connectivity index (χ3n) is 3.93. The van der Waals surface area contributed by atoms with E-state index < -0.39 is 15.3 Å². The molecule has 1 unspecified atom stereocenters. The van der Waals surface area contributed by atoms with Gasteiger partial charge in [0.2, 0.25) is 10.0 Å². The summed E-state index contributed by atoms with van der Waals surface area (Å²) in [5.74, 6) is 1.96. The van der Waals surface area contributed by atoms with Crippen molar-refractivity contribution < 1.29 is 13.2 Å². The van der Waals surface area contributed by atoms with Crippen LogP contribution in [0.3, 0.4) is 0 Å². The molecule has 1 fully saturated rings. The maximum atomic E-state index is 12.5. The lowest BCUT2D eigenvalue weighted by atomic mass is 10.2. The summed E-state index contributed by atoms with van der Waals surface area (Å²) in [5, 5.41) is 7.92. The fraction of sp³-hybridized carbons (Fsp3) is 0.833. The quantitative estimate of drug-likeness (QED) is 0.804. The standard InChI is InChI=1S/C12H20N4O3S/c1-9(2)12-14-13-11-7-15(4-5-16(11)12)20(17,18)10-3-6-19-8-10/h9-10H,3-8H2,1-2H3. The molecule has 0 amide bonds. The van der Waals surface area contributed by atoms with Crippen molar-refractivity contribution in [3.63, 3.8) is 0 Å². The highest BCUT2D eigenvalue weighted by Gasteiger charge is 2.37. The molecule has 0 spiro atoms. The molecule has 3 heterocycles. The van der Waals surface area contributed by atoms with Crippen molar-refractivity contribution in [1.29, 1.82) is 0 Å². The fourth-order valence-electron chi connectivity index (χ4n) is 2.76. The Labute approximate surface area is 119 Å². The van der Waals surface area contributed by atoms with Gasteiger partial charge in [0.1, 0.15) is 16.9 Å². The van der Waals surface area contributed by atoms with E-state index in [-0.39, 0.29) is 0 Å². The van der Waals surface area contributed by atoms with Crippen LogP contribution in [0.15, 0.2) is 0 Å². The summed E-state index contributed by atoms with van der Waals surface area (Å²) >= 11 is 0. The lowest BCUT2D eigenvalue weighted by molar-refractivity contribution is 0.197. The highest BCUT2D eigenvalue weighted by atomic mass is 32.2. The zero-order chi connectivity index (χ0) is 14.3. The number of sulfonamides is 1. The first-order valence-electron chi connectivity index (χ1n) is 6.99. The van der Waals surface area contributed by atoms with Gasteiger partial charge in [-0.05, 0) is 6.42 Å². The van der Waals surface area contributed by atoms with Gasteiger partial charge in [0, 0.05) is 25.6 Å². The van der Waals surface area contributed by atoms with Crippen LogP contribution in [0.5, 0.6) is 0 Å². The zero-order valence-corrected chi connectivity index (χ0v) is 12.6. The topological polar surface area (TPSA) is 77.3 Å². The minimum Gasteiger partial charge on any atom is -0.380 e. The third kappa shape index (κ3) is 2.25. The van der Waals surface area contributed by atoms with Gasteiger partial charge < -0.3 is 9.30 Å². The molecule has 2 aliphatic heterocycles. The van der Waals surface area contributed by atoms with Crippen molar-refractivity contribution in [2.75, 3.05) is 19.8 Å². The number of nitrogens with zero attached hydrogens (tertiary/aromatic N) is 4. The van der Waals surface area contributed by atoms with E-state index in [0.29, 0.717) is 45.2 Å². The predicted molar refractivity (Wildman–Crippen MR) is 72.7 cm³/mol. The maximum absolute atomic E-state index is 12.5. The Hall–Kier alpha value is -0.990. The number of hydrogen-bond donors (Lipinski definition) is 0. The Kier molecular flexibility index (Phi) is 3.55. The molecule has 8 heteroatoms. The molecule has 2 aliphatic rings. The molecule has 7 nitrogen and oxygen atoms in total. The Morgan fingerprint density at radius 1 is 1.30 bits per heavy atom. The van der Waals surface area contributed by atoms with Gasteiger partial charge in [-0.3, -0.25) is 0 Å². The second kappa shape index (κ2) is 5.09. The molecule has 0 aliphatic carbocycles. The number of rotatable bonds is 3. The third-order valence-corrected chi connectivity index (χ3v) is 6.18. The van der Waals surface area contributed by atoms with Gasteiger partial charge in [0.15, 0.2) is 0 Å². The molecule has 0 N–H and O–H groups in total. The largest absolute Gasteiger partial charge is 0.380 e. The Morgan fingerprint density at radius 2 is 2.10 bits per heavy atom. The van der Waals surface area contributed by atoms with Crippen LogP contribution in [0.4, 0.5) is 0 Å². The summed E-state index contributed by atoms with van der Waals surface area (Å²) in [4.78, 5) is 0. The molecule has 0 aromatic carbocycles. The molecule has 0 saturated carbocycles. The molecule has 1 atom stereocenters. The van der Waals surface area contributed by atoms with Crippen molar-refractivity contribution in [3.8, 4) is 0 Å². The van der Waals surface area contributed by atoms with Crippen molar-refractivity contribution in [2.45, 2.75) is 44.5 Å². The number of ether oxygens (including phenoxy) is 1. The molecular formula is C12H20N4O3S. The highest BCUT2D eigenvalue weighted by Crippen LogP contribution is 2.24. The highest BCUT2D eigenvalue weighted by molar-refractivity contribution is 7.89. The summed E-state index contributed by atoms with van der Waals surface area (Å²) in [6.07, 6.45) is 0.586. The number of fused-ring (bicyclic) bond motifs is 1. The first-order chi connectivity index (χ1) is 9.50. The van der Waals surface area contributed by atoms with Gasteiger partial charge >= 0.3 is 0 Å². The van der Waals surface area contributed by atoms with Crippen LogP contribution in [0.1, 0.15) is 37.8 Å². The summed E-state index contributed by atoms with van der Waals surface area (Å²) in [6, 6.07) is 0. The fourth-order valence-corrected chi connectivity index (χ4v) is 4.48.